The van der Waals surface area contributed by atoms with E-state index in [9.17, 15) is 18.0 Å². The number of anilines is 1. The van der Waals surface area contributed by atoms with Crippen LogP contribution in [0, 0.1) is 0 Å². The van der Waals surface area contributed by atoms with Gasteiger partial charge in [0, 0.05) is 18.2 Å². The first-order valence-corrected chi connectivity index (χ1v) is 8.57. The summed E-state index contributed by atoms with van der Waals surface area (Å²) in [6.45, 7) is 1.80. The lowest BCUT2D eigenvalue weighted by atomic mass is 10.1. The maximum absolute atomic E-state index is 12.7. The van der Waals surface area contributed by atoms with Crippen molar-refractivity contribution in [3.05, 3.63) is 42.2 Å². The molecule has 0 spiro atoms. The molecule has 1 fully saturated rings. The standard InChI is InChI=1S/C18H20F3N5O/c1-26-8-2-3-14(11-26)23-17(27)25-16-10-22-9-15(24-16)12-4-6-13(7-5-12)18(19,20)21/h4-7,9-10,14H,2-3,8,11H2,1H3,(H2,23,24,25,27). The average Bonchev–Trinajstić information content (AvgIpc) is 2.61. The van der Waals surface area contributed by atoms with Crippen molar-refractivity contribution in [1.82, 2.24) is 20.2 Å². The molecule has 9 heteroatoms. The zero-order chi connectivity index (χ0) is 19.4. The minimum atomic E-state index is -4.39. The minimum Gasteiger partial charge on any atom is -0.334 e. The van der Waals surface area contributed by atoms with Gasteiger partial charge >= 0.3 is 12.2 Å². The molecule has 1 atom stereocenters. The van der Waals surface area contributed by atoms with Gasteiger partial charge in [0.25, 0.3) is 0 Å². The summed E-state index contributed by atoms with van der Waals surface area (Å²) < 4.78 is 38.0. The van der Waals surface area contributed by atoms with E-state index in [1.807, 2.05) is 7.05 Å². The lowest BCUT2D eigenvalue weighted by Gasteiger charge is -2.30. The Labute approximate surface area is 154 Å². The number of likely N-dealkylation sites (N-methyl/N-ethyl adjacent to an activating group) is 1. The Hall–Kier alpha value is -2.68. The number of nitrogens with zero attached hydrogens (tertiary/aromatic N) is 3. The van der Waals surface area contributed by atoms with Crippen LogP contribution in [0.2, 0.25) is 0 Å². The third kappa shape index (κ3) is 5.16. The number of hydrogen-bond acceptors (Lipinski definition) is 4. The fraction of sp³-hybridized carbons (Fsp3) is 0.389. The van der Waals surface area contributed by atoms with Gasteiger partial charge in [-0.15, -0.1) is 0 Å². The molecule has 1 saturated heterocycles. The Balaban J connectivity index is 1.65. The first-order valence-electron chi connectivity index (χ1n) is 8.57. The average molecular weight is 379 g/mol. The Morgan fingerprint density at radius 1 is 1.22 bits per heavy atom. The van der Waals surface area contributed by atoms with Crippen LogP contribution < -0.4 is 10.6 Å². The number of benzene rings is 1. The van der Waals surface area contributed by atoms with E-state index in [1.54, 1.807) is 0 Å². The highest BCUT2D eigenvalue weighted by atomic mass is 19.4. The molecule has 27 heavy (non-hydrogen) atoms. The number of alkyl halides is 3. The summed E-state index contributed by atoms with van der Waals surface area (Å²) in [4.78, 5) is 22.6. The summed E-state index contributed by atoms with van der Waals surface area (Å²) in [5.74, 6) is 0.231. The number of carbonyl (C=O) groups is 1. The number of nitrogens with one attached hydrogen (secondary N) is 2. The van der Waals surface area contributed by atoms with Gasteiger partial charge in [0.05, 0.1) is 23.7 Å². The Morgan fingerprint density at radius 2 is 1.96 bits per heavy atom. The summed E-state index contributed by atoms with van der Waals surface area (Å²) in [7, 11) is 2.00. The highest BCUT2D eigenvalue weighted by Crippen LogP contribution is 2.30. The number of halogens is 3. The van der Waals surface area contributed by atoms with Crippen molar-refractivity contribution in [2.75, 3.05) is 25.5 Å². The van der Waals surface area contributed by atoms with Gasteiger partial charge in [0.15, 0.2) is 5.82 Å². The molecule has 2 aromatic rings. The van der Waals surface area contributed by atoms with Crippen LogP contribution >= 0.6 is 0 Å². The van der Waals surface area contributed by atoms with Gasteiger partial charge in [0.2, 0.25) is 0 Å². The monoisotopic (exact) mass is 379 g/mol. The van der Waals surface area contributed by atoms with E-state index in [1.165, 1.54) is 24.5 Å². The highest BCUT2D eigenvalue weighted by Gasteiger charge is 2.30. The summed E-state index contributed by atoms with van der Waals surface area (Å²) >= 11 is 0. The van der Waals surface area contributed by atoms with Crippen molar-refractivity contribution in [3.8, 4) is 11.3 Å². The Morgan fingerprint density at radius 3 is 2.63 bits per heavy atom. The highest BCUT2D eigenvalue weighted by molar-refractivity contribution is 5.88. The fourth-order valence-corrected chi connectivity index (χ4v) is 3.02. The second kappa shape index (κ2) is 7.91. The smallest absolute Gasteiger partial charge is 0.334 e. The normalized spacial score (nSPS) is 18.1. The van der Waals surface area contributed by atoms with E-state index in [2.05, 4.69) is 25.5 Å². The molecule has 2 N–H and O–H groups in total. The Bertz CT molecular complexity index is 794. The summed E-state index contributed by atoms with van der Waals surface area (Å²) in [5.41, 5.74) is 0.123. The van der Waals surface area contributed by atoms with E-state index in [4.69, 9.17) is 0 Å². The maximum Gasteiger partial charge on any atom is 0.416 e. The van der Waals surface area contributed by atoms with Crippen molar-refractivity contribution in [3.63, 3.8) is 0 Å². The molecule has 1 aromatic carbocycles. The van der Waals surface area contributed by atoms with Crippen molar-refractivity contribution in [2.24, 2.45) is 0 Å². The van der Waals surface area contributed by atoms with Crippen molar-refractivity contribution in [1.29, 1.82) is 0 Å². The molecule has 1 aliphatic heterocycles. The number of aromatic nitrogens is 2. The minimum absolute atomic E-state index is 0.0646. The van der Waals surface area contributed by atoms with Crippen LogP contribution in [-0.4, -0.2) is 47.1 Å². The number of likely N-dealkylation sites (tertiary alicyclic amines) is 1. The van der Waals surface area contributed by atoms with Crippen molar-refractivity contribution < 1.29 is 18.0 Å². The largest absolute Gasteiger partial charge is 0.416 e. The maximum atomic E-state index is 12.7. The van der Waals surface area contributed by atoms with Crippen LogP contribution in [0.4, 0.5) is 23.8 Å². The number of carbonyl (C=O) groups excluding carboxylic acids is 1. The molecule has 6 nitrogen and oxygen atoms in total. The number of amides is 2. The molecule has 144 valence electrons. The summed E-state index contributed by atoms with van der Waals surface area (Å²) in [6, 6.07) is 4.32. The zero-order valence-electron chi connectivity index (χ0n) is 14.8. The van der Waals surface area contributed by atoms with Crippen LogP contribution in [0.3, 0.4) is 0 Å². The van der Waals surface area contributed by atoms with E-state index in [0.29, 0.717) is 11.3 Å². The summed E-state index contributed by atoms with van der Waals surface area (Å²) in [6.07, 6.45) is 0.362. The fourth-order valence-electron chi connectivity index (χ4n) is 3.02. The zero-order valence-corrected chi connectivity index (χ0v) is 14.8. The lowest BCUT2D eigenvalue weighted by molar-refractivity contribution is -0.137. The Kier molecular flexibility index (Phi) is 5.59. The van der Waals surface area contributed by atoms with Gasteiger partial charge in [-0.3, -0.25) is 10.3 Å². The molecule has 0 bridgehead atoms. The predicted octanol–water partition coefficient (Wildman–Crippen LogP) is 3.38. The second-order valence-corrected chi connectivity index (χ2v) is 6.56. The molecule has 1 aromatic heterocycles. The topological polar surface area (TPSA) is 70.2 Å². The van der Waals surface area contributed by atoms with E-state index >= 15 is 0 Å². The molecule has 0 radical (unpaired) electrons. The molecule has 2 heterocycles. The third-order valence-electron chi connectivity index (χ3n) is 4.34. The van der Waals surface area contributed by atoms with Crippen LogP contribution in [0.1, 0.15) is 18.4 Å². The number of urea groups is 1. The lowest BCUT2D eigenvalue weighted by Crippen LogP contribution is -2.47. The number of hydrogen-bond donors (Lipinski definition) is 2. The van der Waals surface area contributed by atoms with Crippen LogP contribution in [0.25, 0.3) is 11.3 Å². The van der Waals surface area contributed by atoms with Crippen molar-refractivity contribution in [2.45, 2.75) is 25.1 Å². The summed E-state index contributed by atoms with van der Waals surface area (Å²) in [5, 5.41) is 5.52. The molecule has 1 unspecified atom stereocenters. The molecule has 1 aliphatic rings. The molecular formula is C18H20F3N5O. The van der Waals surface area contributed by atoms with Crippen LogP contribution in [0.5, 0.6) is 0 Å². The molecule has 3 rings (SSSR count). The van der Waals surface area contributed by atoms with Gasteiger partial charge in [-0.05, 0) is 38.6 Å². The predicted molar refractivity (Wildman–Crippen MR) is 95.1 cm³/mol. The number of piperidine rings is 1. The molecular weight excluding hydrogens is 359 g/mol. The first-order chi connectivity index (χ1) is 12.8. The third-order valence-corrected chi connectivity index (χ3v) is 4.34. The van der Waals surface area contributed by atoms with Gasteiger partial charge < -0.3 is 10.2 Å². The molecule has 0 aliphatic carbocycles. The quantitative estimate of drug-likeness (QED) is 0.858. The first kappa shape index (κ1) is 19.1. The number of rotatable bonds is 3. The van der Waals surface area contributed by atoms with E-state index in [0.717, 1.165) is 38.1 Å². The van der Waals surface area contributed by atoms with Crippen molar-refractivity contribution >= 4 is 11.8 Å². The van der Waals surface area contributed by atoms with Gasteiger partial charge in [0.1, 0.15) is 0 Å². The SMILES string of the molecule is CN1CCCC(NC(=O)Nc2cncc(-c3ccc(C(F)(F)F)cc3)n2)C1. The van der Waals surface area contributed by atoms with Gasteiger partial charge in [-0.1, -0.05) is 12.1 Å². The molecule has 0 saturated carbocycles. The van der Waals surface area contributed by atoms with Gasteiger partial charge in [-0.2, -0.15) is 13.2 Å². The van der Waals surface area contributed by atoms with E-state index < -0.39 is 11.7 Å². The van der Waals surface area contributed by atoms with Crippen LogP contribution in [-0.2, 0) is 6.18 Å². The van der Waals surface area contributed by atoms with Gasteiger partial charge in [-0.25, -0.2) is 9.78 Å². The molecule has 2 amide bonds. The van der Waals surface area contributed by atoms with Crippen LogP contribution in [0.15, 0.2) is 36.7 Å². The second-order valence-electron chi connectivity index (χ2n) is 6.56. The van der Waals surface area contributed by atoms with E-state index in [-0.39, 0.29) is 17.9 Å².